The Morgan fingerprint density at radius 1 is 1.27 bits per heavy atom. The highest BCUT2D eigenvalue weighted by Crippen LogP contribution is 2.36. The summed E-state index contributed by atoms with van der Waals surface area (Å²) < 4.78 is 5.94. The Kier molecular flexibility index (Phi) is 8.67. The van der Waals surface area contributed by atoms with E-state index >= 15 is 0 Å². The number of nitrogens with one attached hydrogen (secondary N) is 1. The third-order valence-electron chi connectivity index (χ3n) is 5.75. The van der Waals surface area contributed by atoms with Crippen LogP contribution in [0.2, 0.25) is 0 Å². The van der Waals surface area contributed by atoms with E-state index < -0.39 is 0 Å². The molecule has 1 saturated carbocycles. The molecule has 0 bridgehead atoms. The molecule has 1 aromatic rings. The summed E-state index contributed by atoms with van der Waals surface area (Å²) in [5.41, 5.74) is 1.70. The van der Waals surface area contributed by atoms with Crippen molar-refractivity contribution in [1.82, 2.24) is 10.2 Å². The van der Waals surface area contributed by atoms with Crippen LogP contribution in [-0.4, -0.2) is 44.1 Å². The number of benzene rings is 1. The van der Waals surface area contributed by atoms with Crippen molar-refractivity contribution in [3.8, 4) is 0 Å². The second kappa shape index (κ2) is 10.5. The second-order valence-corrected chi connectivity index (χ2v) is 8.02. The minimum absolute atomic E-state index is 0. The molecule has 1 N–H and O–H groups in total. The SMILES string of the molecule is CN=C(NCC1(C)CCCC1)N1CCC(COCc2ccccc2)C1.I. The molecule has 0 spiro atoms. The highest BCUT2D eigenvalue weighted by molar-refractivity contribution is 14.0. The van der Waals surface area contributed by atoms with Crippen molar-refractivity contribution in [3.05, 3.63) is 35.9 Å². The van der Waals surface area contributed by atoms with Crippen molar-refractivity contribution in [3.63, 3.8) is 0 Å². The van der Waals surface area contributed by atoms with E-state index in [9.17, 15) is 0 Å². The average molecular weight is 471 g/mol. The van der Waals surface area contributed by atoms with E-state index in [0.717, 1.165) is 32.2 Å². The lowest BCUT2D eigenvalue weighted by atomic mass is 9.89. The summed E-state index contributed by atoms with van der Waals surface area (Å²) in [6.45, 7) is 7.12. The van der Waals surface area contributed by atoms with Gasteiger partial charge in [-0.3, -0.25) is 4.99 Å². The Morgan fingerprint density at radius 3 is 2.69 bits per heavy atom. The van der Waals surface area contributed by atoms with Crippen LogP contribution in [0.5, 0.6) is 0 Å². The summed E-state index contributed by atoms with van der Waals surface area (Å²) >= 11 is 0. The zero-order chi connectivity index (χ0) is 17.5. The van der Waals surface area contributed by atoms with Crippen LogP contribution in [0, 0.1) is 11.3 Å². The highest BCUT2D eigenvalue weighted by atomic mass is 127. The molecule has 1 aliphatic heterocycles. The molecule has 1 saturated heterocycles. The fourth-order valence-electron chi connectivity index (χ4n) is 4.11. The van der Waals surface area contributed by atoms with Crippen LogP contribution < -0.4 is 5.32 Å². The third kappa shape index (κ3) is 6.12. The van der Waals surface area contributed by atoms with Gasteiger partial charge in [0.25, 0.3) is 0 Å². The van der Waals surface area contributed by atoms with E-state index in [-0.39, 0.29) is 24.0 Å². The average Bonchev–Trinajstić information content (AvgIpc) is 3.27. The van der Waals surface area contributed by atoms with E-state index in [4.69, 9.17) is 4.74 Å². The first-order valence-corrected chi connectivity index (χ1v) is 9.76. The van der Waals surface area contributed by atoms with E-state index in [0.29, 0.717) is 17.9 Å². The Balaban J connectivity index is 0.00000243. The first-order valence-electron chi connectivity index (χ1n) is 9.76. The maximum atomic E-state index is 5.94. The minimum atomic E-state index is 0. The van der Waals surface area contributed by atoms with Gasteiger partial charge in [-0.2, -0.15) is 0 Å². The molecule has 0 amide bonds. The molecule has 3 rings (SSSR count). The van der Waals surface area contributed by atoms with Crippen LogP contribution in [0.1, 0.15) is 44.6 Å². The smallest absolute Gasteiger partial charge is 0.193 e. The van der Waals surface area contributed by atoms with Crippen molar-refractivity contribution >= 4 is 29.9 Å². The quantitative estimate of drug-likeness (QED) is 0.382. The van der Waals surface area contributed by atoms with E-state index in [1.807, 2.05) is 13.1 Å². The molecule has 2 fully saturated rings. The van der Waals surface area contributed by atoms with Crippen LogP contribution in [0.15, 0.2) is 35.3 Å². The maximum Gasteiger partial charge on any atom is 0.193 e. The van der Waals surface area contributed by atoms with Gasteiger partial charge in [-0.15, -0.1) is 24.0 Å². The molecular formula is C21H34IN3O. The fourth-order valence-corrected chi connectivity index (χ4v) is 4.11. The first-order chi connectivity index (χ1) is 12.2. The van der Waals surface area contributed by atoms with E-state index in [1.165, 1.54) is 37.7 Å². The zero-order valence-electron chi connectivity index (χ0n) is 16.2. The third-order valence-corrected chi connectivity index (χ3v) is 5.75. The van der Waals surface area contributed by atoms with Crippen molar-refractivity contribution in [2.24, 2.45) is 16.3 Å². The Hall–Kier alpha value is -0.820. The van der Waals surface area contributed by atoms with Crippen LogP contribution in [-0.2, 0) is 11.3 Å². The molecular weight excluding hydrogens is 437 g/mol. The van der Waals surface area contributed by atoms with Gasteiger partial charge >= 0.3 is 0 Å². The Morgan fingerprint density at radius 2 is 2.00 bits per heavy atom. The van der Waals surface area contributed by atoms with Crippen molar-refractivity contribution in [2.75, 3.05) is 33.3 Å². The highest BCUT2D eigenvalue weighted by Gasteiger charge is 2.30. The van der Waals surface area contributed by atoms with E-state index in [2.05, 4.69) is 46.4 Å². The summed E-state index contributed by atoms with van der Waals surface area (Å²) in [7, 11) is 1.90. The van der Waals surface area contributed by atoms with Crippen molar-refractivity contribution in [2.45, 2.75) is 45.6 Å². The summed E-state index contributed by atoms with van der Waals surface area (Å²) in [5.74, 6) is 1.67. The molecule has 26 heavy (non-hydrogen) atoms. The molecule has 146 valence electrons. The number of rotatable bonds is 6. The van der Waals surface area contributed by atoms with Crippen molar-refractivity contribution in [1.29, 1.82) is 0 Å². The maximum absolute atomic E-state index is 5.94. The molecule has 0 radical (unpaired) electrons. The summed E-state index contributed by atoms with van der Waals surface area (Å²) in [6.07, 6.45) is 6.62. The number of nitrogens with zero attached hydrogens (tertiary/aromatic N) is 2. The largest absolute Gasteiger partial charge is 0.376 e. The molecule has 2 aliphatic rings. The summed E-state index contributed by atoms with van der Waals surface area (Å²) in [4.78, 5) is 6.91. The predicted octanol–water partition coefficient (Wildman–Crippen LogP) is 4.30. The Bertz CT molecular complexity index is 558. The number of aliphatic imine (C=N–C) groups is 1. The predicted molar refractivity (Wildman–Crippen MR) is 119 cm³/mol. The van der Waals surface area contributed by atoms with Gasteiger partial charge < -0.3 is 15.0 Å². The molecule has 4 nitrogen and oxygen atoms in total. The normalized spacial score (nSPS) is 22.3. The van der Waals surface area contributed by atoms with Gasteiger partial charge in [-0.1, -0.05) is 50.1 Å². The summed E-state index contributed by atoms with van der Waals surface area (Å²) in [6, 6.07) is 10.4. The Labute approximate surface area is 175 Å². The molecule has 1 aliphatic carbocycles. The van der Waals surface area contributed by atoms with Gasteiger partial charge in [-0.05, 0) is 30.2 Å². The monoisotopic (exact) mass is 471 g/mol. The molecule has 1 heterocycles. The first kappa shape index (κ1) is 21.5. The van der Waals surface area contributed by atoms with Gasteiger partial charge in [0.15, 0.2) is 5.96 Å². The number of guanidine groups is 1. The molecule has 5 heteroatoms. The van der Waals surface area contributed by atoms with Gasteiger partial charge in [0.05, 0.1) is 13.2 Å². The second-order valence-electron chi connectivity index (χ2n) is 8.02. The van der Waals surface area contributed by atoms with Crippen LogP contribution in [0.3, 0.4) is 0 Å². The number of hydrogen-bond acceptors (Lipinski definition) is 2. The number of likely N-dealkylation sites (tertiary alicyclic amines) is 1. The van der Waals surface area contributed by atoms with Crippen LogP contribution in [0.4, 0.5) is 0 Å². The standard InChI is InChI=1S/C21H33N3O.HI/c1-21(11-6-7-12-21)17-23-20(22-2)24-13-10-19(14-24)16-25-15-18-8-4-3-5-9-18;/h3-5,8-9,19H,6-7,10-17H2,1-2H3,(H,22,23);1H. The zero-order valence-corrected chi connectivity index (χ0v) is 18.6. The minimum Gasteiger partial charge on any atom is -0.376 e. The summed E-state index contributed by atoms with van der Waals surface area (Å²) in [5, 5.41) is 3.63. The van der Waals surface area contributed by atoms with Crippen LogP contribution in [0.25, 0.3) is 0 Å². The number of hydrogen-bond donors (Lipinski definition) is 1. The van der Waals surface area contributed by atoms with Gasteiger partial charge in [0.1, 0.15) is 0 Å². The lowest BCUT2D eigenvalue weighted by Gasteiger charge is -2.28. The lowest BCUT2D eigenvalue weighted by Crippen LogP contribution is -2.44. The van der Waals surface area contributed by atoms with Gasteiger partial charge in [-0.25, -0.2) is 0 Å². The molecule has 0 aromatic heterocycles. The van der Waals surface area contributed by atoms with E-state index in [1.54, 1.807) is 0 Å². The van der Waals surface area contributed by atoms with Gasteiger partial charge in [0, 0.05) is 32.6 Å². The van der Waals surface area contributed by atoms with Crippen molar-refractivity contribution < 1.29 is 4.74 Å². The van der Waals surface area contributed by atoms with Gasteiger partial charge in [0.2, 0.25) is 0 Å². The number of halogens is 1. The molecule has 1 aromatic carbocycles. The lowest BCUT2D eigenvalue weighted by molar-refractivity contribution is 0.0906. The molecule has 1 unspecified atom stereocenters. The fraction of sp³-hybridized carbons (Fsp3) is 0.667. The number of ether oxygens (including phenoxy) is 1. The topological polar surface area (TPSA) is 36.9 Å². The molecule has 1 atom stereocenters. The van der Waals surface area contributed by atoms with Crippen LogP contribution >= 0.6 is 24.0 Å².